The Morgan fingerprint density at radius 3 is 1.67 bits per heavy atom. The molecule has 0 spiro atoms. The van der Waals surface area contributed by atoms with Crippen LogP contribution in [0.3, 0.4) is 0 Å². The topological polar surface area (TPSA) is 14.1 Å². The van der Waals surface area contributed by atoms with Gasteiger partial charge in [0.15, 0.2) is 0 Å². The third-order valence-electron chi connectivity index (χ3n) is 2.39. The van der Waals surface area contributed by atoms with Crippen molar-refractivity contribution in [3.63, 3.8) is 0 Å². The maximum Gasteiger partial charge on any atom is 0 e. The molecule has 0 amide bonds. The van der Waals surface area contributed by atoms with E-state index >= 15 is 0 Å². The number of hydrogen-bond donors (Lipinski definition) is 0. The first-order chi connectivity index (χ1) is 6.41. The van der Waals surface area contributed by atoms with Gasteiger partial charge in [-0.05, 0) is 0 Å². The third kappa shape index (κ3) is 21.2. The minimum Gasteiger partial charge on any atom is -0.662 e. The molecule has 0 heterocycles. The fourth-order valence-electron chi connectivity index (χ4n) is 1.52. The molecule has 0 bridgehead atoms. The molecular weight excluding hydrogens is 398 g/mol. The average Bonchev–Trinajstić information content (AvgIpc) is 2.16. The van der Waals surface area contributed by atoms with Crippen LogP contribution in [0.4, 0.5) is 0 Å². The summed E-state index contributed by atoms with van der Waals surface area (Å²) in [6.45, 7) is 6.47. The van der Waals surface area contributed by atoms with Gasteiger partial charge in [-0.25, -0.2) is 0 Å². The van der Waals surface area contributed by atoms with Gasteiger partial charge >= 0.3 is 0 Å². The van der Waals surface area contributed by atoms with Crippen molar-refractivity contribution in [1.82, 2.24) is 0 Å². The Labute approximate surface area is 125 Å². The quantitative estimate of drug-likeness (QED) is 0.362. The van der Waals surface area contributed by atoms with Crippen molar-refractivity contribution < 1.29 is 41.8 Å². The first-order valence-corrected chi connectivity index (χ1v) is 6.05. The van der Waals surface area contributed by atoms with Crippen LogP contribution in [0.2, 0.25) is 0 Å². The first-order valence-electron chi connectivity index (χ1n) is 6.05. The molecule has 1 radical (unpaired) electrons. The SMILES string of the molecule is CCCCCCCCCC[N-]CC.[Ir].[Ti]. The van der Waals surface area contributed by atoms with E-state index in [0.29, 0.717) is 0 Å². The Kier molecular flexibility index (Phi) is 29.8. The average molecular weight is 424 g/mol. The molecule has 0 aromatic rings. The fraction of sp³-hybridized carbons (Fsp3) is 1.00. The van der Waals surface area contributed by atoms with Gasteiger partial charge in [0.05, 0.1) is 0 Å². The molecule has 0 aromatic carbocycles. The Morgan fingerprint density at radius 1 is 0.733 bits per heavy atom. The van der Waals surface area contributed by atoms with E-state index in [1.54, 1.807) is 0 Å². The van der Waals surface area contributed by atoms with E-state index in [-0.39, 0.29) is 41.8 Å². The summed E-state index contributed by atoms with van der Waals surface area (Å²) in [4.78, 5) is 0. The second-order valence-electron chi connectivity index (χ2n) is 3.74. The molecule has 0 saturated heterocycles. The van der Waals surface area contributed by atoms with Crippen LogP contribution in [0.1, 0.15) is 65.2 Å². The van der Waals surface area contributed by atoms with Crippen LogP contribution in [0.25, 0.3) is 5.32 Å². The van der Waals surface area contributed by atoms with Crippen molar-refractivity contribution in [1.29, 1.82) is 0 Å². The van der Waals surface area contributed by atoms with Crippen molar-refractivity contribution in [2.24, 2.45) is 0 Å². The minimum atomic E-state index is 0. The first kappa shape index (κ1) is 21.6. The predicted molar refractivity (Wildman–Crippen MR) is 61.4 cm³/mol. The van der Waals surface area contributed by atoms with Gasteiger partial charge in [0.1, 0.15) is 0 Å². The number of rotatable bonds is 10. The van der Waals surface area contributed by atoms with Crippen molar-refractivity contribution in [2.45, 2.75) is 65.2 Å². The van der Waals surface area contributed by atoms with Crippen LogP contribution in [0, 0.1) is 0 Å². The van der Waals surface area contributed by atoms with Crippen molar-refractivity contribution >= 4 is 0 Å². The van der Waals surface area contributed by atoms with Crippen LogP contribution in [0.5, 0.6) is 0 Å². The molecule has 0 aliphatic rings. The van der Waals surface area contributed by atoms with Gasteiger partial charge in [-0.3, -0.25) is 0 Å². The van der Waals surface area contributed by atoms with E-state index in [9.17, 15) is 0 Å². The summed E-state index contributed by atoms with van der Waals surface area (Å²) < 4.78 is 0. The predicted octanol–water partition coefficient (Wildman–Crippen LogP) is 4.52. The van der Waals surface area contributed by atoms with Crippen molar-refractivity contribution in [3.05, 3.63) is 5.32 Å². The van der Waals surface area contributed by atoms with E-state index < -0.39 is 0 Å². The van der Waals surface area contributed by atoms with E-state index in [1.807, 2.05) is 0 Å². The zero-order chi connectivity index (χ0) is 9.78. The molecule has 0 atom stereocenters. The van der Waals surface area contributed by atoms with Crippen LogP contribution < -0.4 is 0 Å². The minimum absolute atomic E-state index is 0. The summed E-state index contributed by atoms with van der Waals surface area (Å²) in [5.41, 5.74) is 0. The number of unbranched alkanes of at least 4 members (excludes halogenated alkanes) is 7. The standard InChI is InChI=1S/C12H26N.Ir.Ti/c1-3-5-6-7-8-9-10-11-12-13-4-2;;/h3-12H2,1-2H3;;/q-1;;. The van der Waals surface area contributed by atoms with E-state index in [1.165, 1.54) is 51.4 Å². The molecular formula is C12H26IrNTi-. The summed E-state index contributed by atoms with van der Waals surface area (Å²) >= 11 is 0. The third-order valence-corrected chi connectivity index (χ3v) is 2.39. The van der Waals surface area contributed by atoms with Gasteiger partial charge in [0.25, 0.3) is 0 Å². The molecule has 0 aromatic heterocycles. The Hall–Kier alpha value is 1.32. The molecule has 0 N–H and O–H groups in total. The largest absolute Gasteiger partial charge is 0.662 e. The molecule has 0 fully saturated rings. The van der Waals surface area contributed by atoms with Crippen molar-refractivity contribution in [3.8, 4) is 0 Å². The maximum absolute atomic E-state index is 4.32. The molecule has 3 heteroatoms. The summed E-state index contributed by atoms with van der Waals surface area (Å²) in [5, 5.41) is 4.32. The monoisotopic (exact) mass is 425 g/mol. The number of hydrogen-bond acceptors (Lipinski definition) is 0. The summed E-state index contributed by atoms with van der Waals surface area (Å²) in [7, 11) is 0. The fourth-order valence-corrected chi connectivity index (χ4v) is 1.52. The summed E-state index contributed by atoms with van der Waals surface area (Å²) in [6, 6.07) is 0. The molecule has 0 unspecified atom stereocenters. The molecule has 0 saturated carbocycles. The van der Waals surface area contributed by atoms with E-state index in [0.717, 1.165) is 13.1 Å². The van der Waals surface area contributed by atoms with Crippen LogP contribution >= 0.6 is 0 Å². The second-order valence-corrected chi connectivity index (χ2v) is 3.74. The van der Waals surface area contributed by atoms with Crippen LogP contribution in [0.15, 0.2) is 0 Å². The number of nitrogens with zero attached hydrogens (tertiary/aromatic N) is 1. The van der Waals surface area contributed by atoms with E-state index in [4.69, 9.17) is 0 Å². The van der Waals surface area contributed by atoms with Gasteiger partial charge in [0.2, 0.25) is 0 Å². The zero-order valence-corrected chi connectivity index (χ0v) is 14.3. The smallest absolute Gasteiger partial charge is 0 e. The van der Waals surface area contributed by atoms with Crippen molar-refractivity contribution in [2.75, 3.05) is 13.1 Å². The Balaban J connectivity index is -0.000000720. The van der Waals surface area contributed by atoms with E-state index in [2.05, 4.69) is 19.2 Å². The van der Waals surface area contributed by atoms with Gasteiger partial charge in [-0.2, -0.15) is 6.54 Å². The summed E-state index contributed by atoms with van der Waals surface area (Å²) in [5.74, 6) is 0. The van der Waals surface area contributed by atoms with Crippen LogP contribution in [-0.2, 0) is 41.8 Å². The molecule has 0 aliphatic carbocycles. The molecule has 0 aliphatic heterocycles. The molecule has 15 heavy (non-hydrogen) atoms. The van der Waals surface area contributed by atoms with Gasteiger partial charge in [-0.1, -0.05) is 65.2 Å². The zero-order valence-electron chi connectivity index (χ0n) is 10.4. The van der Waals surface area contributed by atoms with Gasteiger partial charge in [0, 0.05) is 41.8 Å². The Morgan fingerprint density at radius 2 is 1.20 bits per heavy atom. The van der Waals surface area contributed by atoms with Gasteiger partial charge < -0.3 is 5.32 Å². The summed E-state index contributed by atoms with van der Waals surface area (Å²) in [6.07, 6.45) is 11.2. The maximum atomic E-state index is 4.32. The normalized spacial score (nSPS) is 9.20. The molecule has 93 valence electrons. The Bertz CT molecular complexity index is 81.7. The molecule has 0 rings (SSSR count). The van der Waals surface area contributed by atoms with Gasteiger partial charge in [-0.15, -0.1) is 6.54 Å². The second kappa shape index (κ2) is 20.7. The van der Waals surface area contributed by atoms with Crippen LogP contribution in [-0.4, -0.2) is 13.1 Å². The molecule has 1 nitrogen and oxygen atoms in total.